The third-order valence-corrected chi connectivity index (χ3v) is 9.10. The number of carbonyl (C=O) groups excluding carboxylic acids is 4. The van der Waals surface area contributed by atoms with Crippen LogP contribution in [0.2, 0.25) is 0 Å². The molecule has 3 amide bonds. The average molecular weight is 560 g/mol. The van der Waals surface area contributed by atoms with Crippen molar-refractivity contribution in [1.29, 1.82) is 0 Å². The summed E-state index contributed by atoms with van der Waals surface area (Å²) in [6.45, 7) is 0.869. The van der Waals surface area contributed by atoms with Gasteiger partial charge in [0, 0.05) is 41.7 Å². The lowest BCUT2D eigenvalue weighted by molar-refractivity contribution is -0.198. The molecule has 38 heavy (non-hydrogen) atoms. The summed E-state index contributed by atoms with van der Waals surface area (Å²) in [6.07, 6.45) is 8.35. The summed E-state index contributed by atoms with van der Waals surface area (Å²) in [6, 6.07) is 7.97. The van der Waals surface area contributed by atoms with Gasteiger partial charge in [0.1, 0.15) is 6.54 Å². The number of thiophene rings is 2. The van der Waals surface area contributed by atoms with Gasteiger partial charge in [0.2, 0.25) is 11.8 Å². The summed E-state index contributed by atoms with van der Waals surface area (Å²) >= 11 is 3.04. The molecule has 8 nitrogen and oxygen atoms in total. The van der Waals surface area contributed by atoms with Gasteiger partial charge < -0.3 is 15.1 Å². The Hall–Kier alpha value is -2.72. The van der Waals surface area contributed by atoms with Crippen LogP contribution in [0.3, 0.4) is 0 Å². The average Bonchev–Trinajstić information content (AvgIpc) is 3.62. The molecule has 2 fully saturated rings. The zero-order chi connectivity index (χ0) is 26.7. The van der Waals surface area contributed by atoms with Crippen LogP contribution in [0, 0.1) is 5.92 Å². The molecule has 0 radical (unpaired) electrons. The summed E-state index contributed by atoms with van der Waals surface area (Å²) < 4.78 is 0. The van der Waals surface area contributed by atoms with Gasteiger partial charge in [-0.05, 0) is 67.3 Å². The fraction of sp³-hybridized carbons (Fsp3) is 0.571. The Morgan fingerprint density at radius 3 is 2.47 bits per heavy atom. The summed E-state index contributed by atoms with van der Waals surface area (Å²) in [5.74, 6) is -0.744. The van der Waals surface area contributed by atoms with E-state index in [-0.39, 0.29) is 31.7 Å². The van der Waals surface area contributed by atoms with Gasteiger partial charge in [0.05, 0.1) is 6.42 Å². The van der Waals surface area contributed by atoms with Crippen molar-refractivity contribution in [2.45, 2.75) is 76.7 Å². The number of hydroxylamine groups is 2. The highest BCUT2D eigenvalue weighted by molar-refractivity contribution is 7.10. The van der Waals surface area contributed by atoms with E-state index in [1.54, 1.807) is 11.3 Å². The third kappa shape index (κ3) is 8.39. The Balaban J connectivity index is 1.24. The number of piperidine rings is 1. The third-order valence-electron chi connectivity index (χ3n) is 7.29. The molecule has 2 unspecified atom stereocenters. The first-order valence-electron chi connectivity index (χ1n) is 13.6. The van der Waals surface area contributed by atoms with Gasteiger partial charge in [0.15, 0.2) is 0 Å². The second-order valence-electron chi connectivity index (χ2n) is 10.0. The molecule has 2 aliphatic rings. The van der Waals surface area contributed by atoms with Crippen molar-refractivity contribution >= 4 is 46.4 Å². The van der Waals surface area contributed by atoms with Crippen LogP contribution < -0.4 is 5.32 Å². The van der Waals surface area contributed by atoms with Crippen LogP contribution in [0.25, 0.3) is 0 Å². The molecule has 2 aromatic heterocycles. The van der Waals surface area contributed by atoms with E-state index in [9.17, 15) is 19.2 Å². The Bertz CT molecular complexity index is 1050. The maximum absolute atomic E-state index is 12.9. The van der Waals surface area contributed by atoms with Crippen molar-refractivity contribution < 1.29 is 24.0 Å². The first kappa shape index (κ1) is 28.3. The highest BCUT2D eigenvalue weighted by Gasteiger charge is 2.35. The highest BCUT2D eigenvalue weighted by Crippen LogP contribution is 2.35. The minimum absolute atomic E-state index is 0.0104. The van der Waals surface area contributed by atoms with Gasteiger partial charge in [-0.2, -0.15) is 5.06 Å². The zero-order valence-corrected chi connectivity index (χ0v) is 23.4. The first-order valence-corrected chi connectivity index (χ1v) is 15.4. The van der Waals surface area contributed by atoms with E-state index in [4.69, 9.17) is 4.84 Å². The standard InChI is InChI=1S/C28H37N3O5S2/c32-25(29-15-14-22-9-5-17-37-22)20-31(27(34)19-23-10-6-18-38-23)36-28(35)13-3-12-26(33)30-16-4-8-21-7-1-2-11-24(21)30/h5-6,9-10,17-18,21,24H,1-4,7-8,11-16,19-20H2,(H,29,32). The molecule has 0 aromatic carbocycles. The fourth-order valence-electron chi connectivity index (χ4n) is 5.42. The molecule has 10 heteroatoms. The fourth-order valence-corrected chi connectivity index (χ4v) is 6.82. The van der Waals surface area contributed by atoms with Gasteiger partial charge in [0.25, 0.3) is 5.91 Å². The maximum atomic E-state index is 12.9. The van der Waals surface area contributed by atoms with E-state index in [0.29, 0.717) is 31.3 Å². The number of amides is 3. The van der Waals surface area contributed by atoms with Crippen LogP contribution in [0.15, 0.2) is 35.0 Å². The van der Waals surface area contributed by atoms with Crippen molar-refractivity contribution in [1.82, 2.24) is 15.3 Å². The van der Waals surface area contributed by atoms with Crippen molar-refractivity contribution in [3.8, 4) is 0 Å². The van der Waals surface area contributed by atoms with Crippen LogP contribution in [0.4, 0.5) is 0 Å². The molecular formula is C28H37N3O5S2. The minimum atomic E-state index is -0.613. The van der Waals surface area contributed by atoms with E-state index < -0.39 is 17.8 Å². The molecule has 3 heterocycles. The minimum Gasteiger partial charge on any atom is -0.354 e. The normalized spacial score (nSPS) is 18.9. The van der Waals surface area contributed by atoms with Crippen LogP contribution in [0.5, 0.6) is 0 Å². The van der Waals surface area contributed by atoms with E-state index >= 15 is 0 Å². The highest BCUT2D eigenvalue weighted by atomic mass is 32.1. The van der Waals surface area contributed by atoms with Gasteiger partial charge >= 0.3 is 5.97 Å². The van der Waals surface area contributed by atoms with Crippen LogP contribution in [-0.4, -0.2) is 59.3 Å². The summed E-state index contributed by atoms with van der Waals surface area (Å²) in [4.78, 5) is 60.3. The van der Waals surface area contributed by atoms with Crippen LogP contribution >= 0.6 is 22.7 Å². The molecule has 1 saturated heterocycles. The van der Waals surface area contributed by atoms with Crippen molar-refractivity contribution in [3.63, 3.8) is 0 Å². The van der Waals surface area contributed by atoms with Crippen LogP contribution in [0.1, 0.15) is 67.5 Å². The molecule has 1 saturated carbocycles. The Morgan fingerprint density at radius 2 is 1.71 bits per heavy atom. The molecule has 2 aromatic rings. The predicted molar refractivity (Wildman–Crippen MR) is 147 cm³/mol. The maximum Gasteiger partial charge on any atom is 0.332 e. The van der Waals surface area contributed by atoms with Gasteiger partial charge in [-0.15, -0.1) is 22.7 Å². The van der Waals surface area contributed by atoms with Crippen LogP contribution in [-0.2, 0) is 36.9 Å². The van der Waals surface area contributed by atoms with Gasteiger partial charge in [-0.1, -0.05) is 25.0 Å². The quantitative estimate of drug-likeness (QED) is 0.413. The number of likely N-dealkylation sites (tertiary alicyclic amines) is 1. The van der Waals surface area contributed by atoms with Gasteiger partial charge in [-0.3, -0.25) is 14.4 Å². The SMILES string of the molecule is O=C(CN(OC(=O)CCCC(=O)N1CCCC2CCCCC21)C(=O)Cc1cccs1)NCCc1cccs1. The second-order valence-corrected chi connectivity index (χ2v) is 12.1. The van der Waals surface area contributed by atoms with E-state index in [0.717, 1.165) is 34.2 Å². The lowest BCUT2D eigenvalue weighted by Crippen LogP contribution is -2.49. The molecule has 1 aliphatic carbocycles. The molecule has 4 rings (SSSR count). The summed E-state index contributed by atoms with van der Waals surface area (Å²) in [5, 5.41) is 7.50. The lowest BCUT2D eigenvalue weighted by Gasteiger charge is -2.44. The number of carbonyl (C=O) groups is 4. The molecule has 0 bridgehead atoms. The number of nitrogens with one attached hydrogen (secondary N) is 1. The van der Waals surface area contributed by atoms with Crippen molar-refractivity contribution in [2.24, 2.45) is 5.92 Å². The lowest BCUT2D eigenvalue weighted by atomic mass is 9.78. The van der Waals surface area contributed by atoms with Crippen molar-refractivity contribution in [3.05, 3.63) is 44.8 Å². The molecular weight excluding hydrogens is 522 g/mol. The Kier molecular flexibility index (Phi) is 10.7. The monoisotopic (exact) mass is 559 g/mol. The number of fused-ring (bicyclic) bond motifs is 1. The van der Waals surface area contributed by atoms with Crippen molar-refractivity contribution in [2.75, 3.05) is 19.6 Å². The summed E-state index contributed by atoms with van der Waals surface area (Å²) in [5.41, 5.74) is 0. The molecule has 1 N–H and O–H groups in total. The molecule has 1 aliphatic heterocycles. The Morgan fingerprint density at radius 1 is 0.974 bits per heavy atom. The number of rotatable bonds is 11. The Labute approximate surface area is 232 Å². The van der Waals surface area contributed by atoms with E-state index in [1.807, 2.05) is 39.9 Å². The first-order chi connectivity index (χ1) is 18.5. The second kappa shape index (κ2) is 14.4. The number of nitrogens with zero attached hydrogens (tertiary/aromatic N) is 2. The zero-order valence-electron chi connectivity index (χ0n) is 21.8. The predicted octanol–water partition coefficient (Wildman–Crippen LogP) is 4.35. The van der Waals surface area contributed by atoms with E-state index in [2.05, 4.69) is 5.32 Å². The number of hydrogen-bond acceptors (Lipinski definition) is 7. The smallest absolute Gasteiger partial charge is 0.332 e. The van der Waals surface area contributed by atoms with E-state index in [1.165, 1.54) is 37.0 Å². The molecule has 206 valence electrons. The molecule has 0 spiro atoms. The van der Waals surface area contributed by atoms with Gasteiger partial charge in [-0.25, -0.2) is 4.79 Å². The summed E-state index contributed by atoms with van der Waals surface area (Å²) in [7, 11) is 0. The largest absolute Gasteiger partial charge is 0.354 e. The number of hydrogen-bond donors (Lipinski definition) is 1. The topological polar surface area (TPSA) is 96.0 Å². The molecule has 2 atom stereocenters.